The number of unbranched alkanes of at least 4 members (excludes halogenated alkanes) is 3. The highest BCUT2D eigenvalue weighted by molar-refractivity contribution is 7.99. The van der Waals surface area contributed by atoms with Gasteiger partial charge in [0.15, 0.2) is 0 Å². The standard InChI is InChI=1S/C14H31NS/c1-5-7-8-9-10-14(15-6-2)12-16-11-13(3)4/h13-15H,5-12H2,1-4H3. The number of hydrogen-bond donors (Lipinski definition) is 1. The minimum Gasteiger partial charge on any atom is -0.313 e. The van der Waals surface area contributed by atoms with E-state index in [1.807, 2.05) is 0 Å². The van der Waals surface area contributed by atoms with Crippen molar-refractivity contribution in [1.82, 2.24) is 5.32 Å². The highest BCUT2D eigenvalue weighted by Gasteiger charge is 2.07. The molecule has 0 saturated carbocycles. The second kappa shape index (κ2) is 11.8. The highest BCUT2D eigenvalue weighted by atomic mass is 32.2. The summed E-state index contributed by atoms with van der Waals surface area (Å²) in [6.45, 7) is 10.2. The Labute approximate surface area is 107 Å². The quantitative estimate of drug-likeness (QED) is 0.544. The van der Waals surface area contributed by atoms with Crippen molar-refractivity contribution in [3.05, 3.63) is 0 Å². The minimum absolute atomic E-state index is 0.741. The summed E-state index contributed by atoms with van der Waals surface area (Å²) in [4.78, 5) is 0. The maximum atomic E-state index is 3.61. The minimum atomic E-state index is 0.741. The topological polar surface area (TPSA) is 12.0 Å². The van der Waals surface area contributed by atoms with Gasteiger partial charge in [-0.3, -0.25) is 0 Å². The second-order valence-electron chi connectivity index (χ2n) is 5.04. The van der Waals surface area contributed by atoms with Gasteiger partial charge >= 0.3 is 0 Å². The molecule has 0 aromatic rings. The van der Waals surface area contributed by atoms with Crippen LogP contribution in [-0.2, 0) is 0 Å². The van der Waals surface area contributed by atoms with E-state index >= 15 is 0 Å². The lowest BCUT2D eigenvalue weighted by molar-refractivity contribution is 0.500. The van der Waals surface area contributed by atoms with Crippen LogP contribution >= 0.6 is 11.8 Å². The van der Waals surface area contributed by atoms with Gasteiger partial charge in [0, 0.05) is 11.8 Å². The normalized spacial score (nSPS) is 13.3. The lowest BCUT2D eigenvalue weighted by Gasteiger charge is -2.18. The highest BCUT2D eigenvalue weighted by Crippen LogP contribution is 2.13. The molecule has 0 aliphatic carbocycles. The Morgan fingerprint density at radius 2 is 1.75 bits per heavy atom. The molecule has 1 nitrogen and oxygen atoms in total. The summed E-state index contributed by atoms with van der Waals surface area (Å²) in [6.07, 6.45) is 6.91. The van der Waals surface area contributed by atoms with E-state index in [1.165, 1.54) is 43.6 Å². The Morgan fingerprint density at radius 1 is 1.00 bits per heavy atom. The fourth-order valence-corrected chi connectivity index (χ4v) is 2.97. The third-order valence-corrected chi connectivity index (χ3v) is 4.21. The van der Waals surface area contributed by atoms with Crippen molar-refractivity contribution in [3.63, 3.8) is 0 Å². The van der Waals surface area contributed by atoms with Crippen LogP contribution in [0.3, 0.4) is 0 Å². The number of nitrogens with one attached hydrogen (secondary N) is 1. The molecule has 0 aliphatic rings. The average molecular weight is 245 g/mol. The number of rotatable bonds is 11. The first-order valence-electron chi connectivity index (χ1n) is 7.01. The first kappa shape index (κ1) is 16.3. The Kier molecular flexibility index (Phi) is 12.0. The van der Waals surface area contributed by atoms with E-state index < -0.39 is 0 Å². The lowest BCUT2D eigenvalue weighted by Crippen LogP contribution is -2.31. The SMILES string of the molecule is CCCCCCC(CSCC(C)C)NCC. The predicted octanol–water partition coefficient (Wildman–Crippen LogP) is 4.32. The van der Waals surface area contributed by atoms with Gasteiger partial charge in [0.05, 0.1) is 0 Å². The van der Waals surface area contributed by atoms with Crippen molar-refractivity contribution in [2.24, 2.45) is 5.92 Å². The van der Waals surface area contributed by atoms with Gasteiger partial charge in [-0.05, 0) is 24.6 Å². The van der Waals surface area contributed by atoms with E-state index in [-0.39, 0.29) is 0 Å². The summed E-state index contributed by atoms with van der Waals surface area (Å²) in [5.41, 5.74) is 0. The van der Waals surface area contributed by atoms with Gasteiger partial charge in [0.2, 0.25) is 0 Å². The monoisotopic (exact) mass is 245 g/mol. The van der Waals surface area contributed by atoms with Crippen LogP contribution < -0.4 is 5.32 Å². The van der Waals surface area contributed by atoms with Crippen molar-refractivity contribution in [1.29, 1.82) is 0 Å². The van der Waals surface area contributed by atoms with Crippen molar-refractivity contribution in [2.45, 2.75) is 65.8 Å². The van der Waals surface area contributed by atoms with Crippen molar-refractivity contribution in [2.75, 3.05) is 18.1 Å². The second-order valence-corrected chi connectivity index (χ2v) is 6.11. The Balaban J connectivity index is 3.53. The molecule has 1 N–H and O–H groups in total. The third kappa shape index (κ3) is 10.8. The van der Waals surface area contributed by atoms with E-state index in [1.54, 1.807) is 0 Å². The smallest absolute Gasteiger partial charge is 0.0158 e. The van der Waals surface area contributed by atoms with Crippen molar-refractivity contribution >= 4 is 11.8 Å². The van der Waals surface area contributed by atoms with E-state index in [4.69, 9.17) is 0 Å². The molecule has 0 heterocycles. The molecular weight excluding hydrogens is 214 g/mol. The van der Waals surface area contributed by atoms with Crippen LogP contribution in [0.2, 0.25) is 0 Å². The van der Waals surface area contributed by atoms with E-state index in [0.29, 0.717) is 0 Å². The van der Waals surface area contributed by atoms with Gasteiger partial charge in [-0.1, -0.05) is 53.4 Å². The maximum Gasteiger partial charge on any atom is 0.0158 e. The van der Waals surface area contributed by atoms with Gasteiger partial charge in [-0.15, -0.1) is 0 Å². The van der Waals surface area contributed by atoms with Gasteiger partial charge in [0.1, 0.15) is 0 Å². The summed E-state index contributed by atoms with van der Waals surface area (Å²) in [5.74, 6) is 3.42. The molecule has 0 fully saturated rings. The molecular formula is C14H31NS. The first-order chi connectivity index (χ1) is 7.70. The molecule has 98 valence electrons. The third-order valence-electron chi connectivity index (χ3n) is 2.67. The average Bonchev–Trinajstić information content (AvgIpc) is 2.23. The zero-order valence-corrected chi connectivity index (χ0v) is 12.5. The van der Waals surface area contributed by atoms with Gasteiger partial charge in [0.25, 0.3) is 0 Å². The molecule has 0 aliphatic heterocycles. The molecule has 0 rings (SSSR count). The fourth-order valence-electron chi connectivity index (χ4n) is 1.80. The summed E-state index contributed by atoms with van der Waals surface area (Å²) >= 11 is 2.11. The van der Waals surface area contributed by atoms with E-state index in [0.717, 1.165) is 18.5 Å². The molecule has 0 saturated heterocycles. The fraction of sp³-hybridized carbons (Fsp3) is 1.00. The van der Waals surface area contributed by atoms with Crippen LogP contribution in [0, 0.1) is 5.92 Å². The van der Waals surface area contributed by atoms with Gasteiger partial charge in [-0.25, -0.2) is 0 Å². The zero-order valence-electron chi connectivity index (χ0n) is 11.7. The molecule has 0 spiro atoms. The van der Waals surface area contributed by atoms with Crippen LogP contribution in [0.4, 0.5) is 0 Å². The molecule has 2 heteroatoms. The molecule has 1 unspecified atom stereocenters. The molecule has 0 radical (unpaired) electrons. The van der Waals surface area contributed by atoms with Crippen LogP contribution in [0.5, 0.6) is 0 Å². The molecule has 16 heavy (non-hydrogen) atoms. The van der Waals surface area contributed by atoms with Crippen LogP contribution in [0.25, 0.3) is 0 Å². The predicted molar refractivity (Wildman–Crippen MR) is 78.4 cm³/mol. The zero-order chi connectivity index (χ0) is 12.2. The Hall–Kier alpha value is 0.310. The lowest BCUT2D eigenvalue weighted by atomic mass is 10.1. The van der Waals surface area contributed by atoms with E-state index in [9.17, 15) is 0 Å². The Morgan fingerprint density at radius 3 is 2.31 bits per heavy atom. The molecule has 0 aromatic carbocycles. The Bertz CT molecular complexity index is 137. The molecule has 0 aromatic heterocycles. The van der Waals surface area contributed by atoms with E-state index in [2.05, 4.69) is 44.8 Å². The molecule has 0 bridgehead atoms. The number of hydrogen-bond acceptors (Lipinski definition) is 2. The van der Waals surface area contributed by atoms with Gasteiger partial charge < -0.3 is 5.32 Å². The number of thioether (sulfide) groups is 1. The summed E-state index contributed by atoms with van der Waals surface area (Å²) in [7, 11) is 0. The van der Waals surface area contributed by atoms with Gasteiger partial charge in [-0.2, -0.15) is 11.8 Å². The molecule has 1 atom stereocenters. The molecule has 0 amide bonds. The maximum absolute atomic E-state index is 3.61. The first-order valence-corrected chi connectivity index (χ1v) is 8.17. The van der Waals surface area contributed by atoms with Crippen LogP contribution in [0.15, 0.2) is 0 Å². The van der Waals surface area contributed by atoms with Crippen LogP contribution in [0.1, 0.15) is 59.8 Å². The van der Waals surface area contributed by atoms with Crippen molar-refractivity contribution in [3.8, 4) is 0 Å². The van der Waals surface area contributed by atoms with Crippen LogP contribution in [-0.4, -0.2) is 24.1 Å². The summed E-state index contributed by atoms with van der Waals surface area (Å²) in [5, 5.41) is 3.61. The summed E-state index contributed by atoms with van der Waals surface area (Å²) < 4.78 is 0. The largest absolute Gasteiger partial charge is 0.313 e. The van der Waals surface area contributed by atoms with Crippen molar-refractivity contribution < 1.29 is 0 Å². The summed E-state index contributed by atoms with van der Waals surface area (Å²) in [6, 6.07) is 0.741.